The molecule has 0 saturated carbocycles. The number of nitrogens with zero attached hydrogens (tertiary/aromatic N) is 3. The van der Waals surface area contributed by atoms with Gasteiger partial charge < -0.3 is 9.64 Å². The Morgan fingerprint density at radius 2 is 2.20 bits per heavy atom. The summed E-state index contributed by atoms with van der Waals surface area (Å²) in [7, 11) is 0. The van der Waals surface area contributed by atoms with Crippen molar-refractivity contribution >= 4 is 29.1 Å². The van der Waals surface area contributed by atoms with E-state index in [4.69, 9.17) is 16.3 Å². The van der Waals surface area contributed by atoms with E-state index in [0.717, 1.165) is 25.2 Å². The summed E-state index contributed by atoms with van der Waals surface area (Å²) in [4.78, 5) is 29.0. The van der Waals surface area contributed by atoms with E-state index in [9.17, 15) is 14.9 Å². The van der Waals surface area contributed by atoms with E-state index in [1.807, 2.05) is 18.2 Å². The Labute approximate surface area is 149 Å². The number of hydrogen-bond acceptors (Lipinski definition) is 6. The van der Waals surface area contributed by atoms with Crippen LogP contribution in [0.5, 0.6) is 5.75 Å². The minimum Gasteiger partial charge on any atom is -0.426 e. The number of rotatable bonds is 4. The van der Waals surface area contributed by atoms with Crippen LogP contribution >= 0.6 is 11.6 Å². The van der Waals surface area contributed by atoms with Crippen molar-refractivity contribution in [1.82, 2.24) is 4.98 Å². The van der Waals surface area contributed by atoms with Gasteiger partial charge >= 0.3 is 5.97 Å². The van der Waals surface area contributed by atoms with Crippen molar-refractivity contribution in [3.05, 3.63) is 57.7 Å². The van der Waals surface area contributed by atoms with Crippen LogP contribution in [0.2, 0.25) is 5.02 Å². The van der Waals surface area contributed by atoms with Gasteiger partial charge in [0.05, 0.1) is 10.8 Å². The first kappa shape index (κ1) is 17.2. The molecule has 1 aliphatic heterocycles. The molecule has 1 fully saturated rings. The van der Waals surface area contributed by atoms with Gasteiger partial charge in [0.1, 0.15) is 16.6 Å². The summed E-state index contributed by atoms with van der Waals surface area (Å²) >= 11 is 5.85. The van der Waals surface area contributed by atoms with Crippen LogP contribution in [0.1, 0.15) is 12.8 Å². The molecule has 0 bridgehead atoms. The van der Waals surface area contributed by atoms with Crippen molar-refractivity contribution in [2.45, 2.75) is 12.8 Å². The summed E-state index contributed by atoms with van der Waals surface area (Å²) in [5, 5.41) is 10.7. The lowest BCUT2D eigenvalue weighted by molar-refractivity contribution is -0.384. The van der Waals surface area contributed by atoms with Crippen molar-refractivity contribution in [3.8, 4) is 5.75 Å². The molecule has 8 heteroatoms. The maximum atomic E-state index is 12.4. The molecule has 2 aromatic rings. The van der Waals surface area contributed by atoms with Crippen LogP contribution in [0.25, 0.3) is 0 Å². The van der Waals surface area contributed by atoms with E-state index in [1.165, 1.54) is 18.2 Å². The Balaban J connectivity index is 1.67. The molecule has 0 aliphatic carbocycles. The van der Waals surface area contributed by atoms with Crippen LogP contribution in [0.15, 0.2) is 42.6 Å². The fourth-order valence-electron chi connectivity index (χ4n) is 2.82. The number of piperidine rings is 1. The normalized spacial score (nSPS) is 17.2. The molecule has 1 aromatic carbocycles. The predicted molar refractivity (Wildman–Crippen MR) is 92.9 cm³/mol. The van der Waals surface area contributed by atoms with E-state index in [2.05, 4.69) is 9.88 Å². The molecule has 1 atom stereocenters. The Morgan fingerprint density at radius 3 is 2.88 bits per heavy atom. The van der Waals surface area contributed by atoms with Gasteiger partial charge in [-0.15, -0.1) is 0 Å². The van der Waals surface area contributed by atoms with Crippen molar-refractivity contribution in [3.63, 3.8) is 0 Å². The zero-order valence-corrected chi connectivity index (χ0v) is 14.1. The number of esters is 1. The number of carbonyl (C=O) groups excluding carboxylic acids is 1. The Bertz CT molecular complexity index is 785. The van der Waals surface area contributed by atoms with Gasteiger partial charge in [0.2, 0.25) is 0 Å². The third-order valence-corrected chi connectivity index (χ3v) is 4.37. The summed E-state index contributed by atoms with van der Waals surface area (Å²) in [6.07, 6.45) is 3.30. The number of hydrogen-bond donors (Lipinski definition) is 0. The zero-order valence-electron chi connectivity index (χ0n) is 13.3. The first-order chi connectivity index (χ1) is 12.0. The fraction of sp³-hybridized carbons (Fsp3) is 0.294. The third kappa shape index (κ3) is 4.06. The van der Waals surface area contributed by atoms with Gasteiger partial charge in [-0.25, -0.2) is 4.98 Å². The number of ether oxygens (including phenoxy) is 1. The fourth-order valence-corrected chi connectivity index (χ4v) is 3.06. The largest absolute Gasteiger partial charge is 0.426 e. The number of nitro benzene ring substituents is 1. The Morgan fingerprint density at radius 1 is 1.36 bits per heavy atom. The molecule has 0 amide bonds. The average molecular weight is 362 g/mol. The molecule has 3 rings (SSSR count). The van der Waals surface area contributed by atoms with Gasteiger partial charge in [0.25, 0.3) is 5.69 Å². The molecule has 1 aromatic heterocycles. The average Bonchev–Trinajstić information content (AvgIpc) is 2.62. The van der Waals surface area contributed by atoms with Gasteiger partial charge in [-0.1, -0.05) is 17.7 Å². The highest BCUT2D eigenvalue weighted by Crippen LogP contribution is 2.29. The number of aromatic nitrogens is 1. The zero-order chi connectivity index (χ0) is 17.8. The molecule has 25 heavy (non-hydrogen) atoms. The maximum absolute atomic E-state index is 12.4. The second-order valence-electron chi connectivity index (χ2n) is 5.76. The van der Waals surface area contributed by atoms with Crippen molar-refractivity contribution in [2.75, 3.05) is 18.0 Å². The Kier molecular flexibility index (Phi) is 5.14. The highest BCUT2D eigenvalue weighted by atomic mass is 35.5. The first-order valence-electron chi connectivity index (χ1n) is 7.86. The molecule has 130 valence electrons. The molecule has 0 spiro atoms. The van der Waals surface area contributed by atoms with Gasteiger partial charge in [0.15, 0.2) is 0 Å². The highest BCUT2D eigenvalue weighted by molar-refractivity contribution is 6.32. The van der Waals surface area contributed by atoms with Crippen molar-refractivity contribution < 1.29 is 14.5 Å². The second-order valence-corrected chi connectivity index (χ2v) is 6.17. The van der Waals surface area contributed by atoms with Gasteiger partial charge in [-0.3, -0.25) is 14.9 Å². The van der Waals surface area contributed by atoms with Crippen LogP contribution in [-0.4, -0.2) is 29.0 Å². The van der Waals surface area contributed by atoms with Crippen LogP contribution < -0.4 is 9.64 Å². The number of benzene rings is 1. The monoisotopic (exact) mass is 361 g/mol. The van der Waals surface area contributed by atoms with Gasteiger partial charge in [-0.05, 0) is 31.0 Å². The van der Waals surface area contributed by atoms with Gasteiger partial charge in [-0.2, -0.15) is 0 Å². The molecule has 0 radical (unpaired) electrons. The summed E-state index contributed by atoms with van der Waals surface area (Å²) in [5.74, 6) is 0.379. The molecule has 7 nitrogen and oxygen atoms in total. The number of halogens is 1. The van der Waals surface area contributed by atoms with Crippen LogP contribution in [0, 0.1) is 16.0 Å². The highest BCUT2D eigenvalue weighted by Gasteiger charge is 2.28. The first-order valence-corrected chi connectivity index (χ1v) is 8.24. The second kappa shape index (κ2) is 7.48. The number of anilines is 1. The van der Waals surface area contributed by atoms with Crippen molar-refractivity contribution in [2.24, 2.45) is 5.92 Å². The smallest absolute Gasteiger partial charge is 0.316 e. The van der Waals surface area contributed by atoms with Crippen LogP contribution in [0.3, 0.4) is 0 Å². The summed E-state index contributed by atoms with van der Waals surface area (Å²) in [6, 6.07) is 9.55. The number of nitro groups is 1. The predicted octanol–water partition coefficient (Wildman–Crippen LogP) is 3.47. The number of pyridine rings is 1. The third-order valence-electron chi connectivity index (χ3n) is 4.06. The minimum absolute atomic E-state index is 0.0611. The van der Waals surface area contributed by atoms with Crippen LogP contribution in [-0.2, 0) is 4.79 Å². The lowest BCUT2D eigenvalue weighted by Gasteiger charge is -2.32. The van der Waals surface area contributed by atoms with E-state index < -0.39 is 4.92 Å². The molecule has 1 aliphatic rings. The Hall–Kier alpha value is -2.67. The topological polar surface area (TPSA) is 85.6 Å². The van der Waals surface area contributed by atoms with Crippen molar-refractivity contribution in [1.29, 1.82) is 0 Å². The molecule has 1 saturated heterocycles. The molecule has 1 unspecified atom stereocenters. The molecular formula is C17H16ClN3O4. The maximum Gasteiger partial charge on any atom is 0.316 e. The SMILES string of the molecule is O=C(Oc1ccc([N+](=O)[O-])c(Cl)c1)C1CCCN(c2ccccn2)C1. The van der Waals surface area contributed by atoms with E-state index in [1.54, 1.807) is 6.20 Å². The summed E-state index contributed by atoms with van der Waals surface area (Å²) in [6.45, 7) is 1.36. The van der Waals surface area contributed by atoms with Gasteiger partial charge in [0, 0.05) is 31.4 Å². The quantitative estimate of drug-likeness (QED) is 0.359. The minimum atomic E-state index is -0.584. The van der Waals surface area contributed by atoms with E-state index in [-0.39, 0.29) is 28.3 Å². The van der Waals surface area contributed by atoms with Crippen LogP contribution in [0.4, 0.5) is 11.5 Å². The summed E-state index contributed by atoms with van der Waals surface area (Å²) < 4.78 is 5.36. The lowest BCUT2D eigenvalue weighted by Crippen LogP contribution is -2.40. The van der Waals surface area contributed by atoms with E-state index in [0.29, 0.717) is 6.54 Å². The molecule has 0 N–H and O–H groups in total. The molecule has 2 heterocycles. The summed E-state index contributed by atoms with van der Waals surface area (Å²) in [5.41, 5.74) is -0.222. The molecular weight excluding hydrogens is 346 g/mol. The van der Waals surface area contributed by atoms with E-state index >= 15 is 0 Å². The number of carbonyl (C=O) groups is 1. The lowest BCUT2D eigenvalue weighted by atomic mass is 9.98. The standard InChI is InChI=1S/C17H16ClN3O4/c18-14-10-13(6-7-15(14)21(23)24)25-17(22)12-4-3-9-20(11-12)16-5-1-2-8-19-16/h1-2,5-8,10,12H,3-4,9,11H2.